The summed E-state index contributed by atoms with van der Waals surface area (Å²) in [6, 6.07) is 7.88. The second-order valence-corrected chi connectivity index (χ2v) is 4.66. The van der Waals surface area contributed by atoms with Gasteiger partial charge in [-0.2, -0.15) is 4.98 Å². The molecule has 0 radical (unpaired) electrons. The molecule has 2 N–H and O–H groups in total. The van der Waals surface area contributed by atoms with E-state index < -0.39 is 0 Å². The summed E-state index contributed by atoms with van der Waals surface area (Å²) in [6.07, 6.45) is 2.83. The normalized spacial score (nSPS) is 11.2. The van der Waals surface area contributed by atoms with E-state index >= 15 is 0 Å². The molecule has 0 fully saturated rings. The number of nitrogens with one attached hydrogen (secondary N) is 1. The number of hydrogen-bond acceptors (Lipinski definition) is 5. The Hall–Kier alpha value is -2.21. The van der Waals surface area contributed by atoms with Crippen molar-refractivity contribution in [2.45, 2.75) is 25.7 Å². The van der Waals surface area contributed by atoms with Crippen LogP contribution in [0.2, 0.25) is 0 Å². The van der Waals surface area contributed by atoms with Crippen LogP contribution in [0.3, 0.4) is 0 Å². The summed E-state index contributed by atoms with van der Waals surface area (Å²) in [5, 5.41) is 12.7. The van der Waals surface area contributed by atoms with Crippen molar-refractivity contribution in [3.05, 3.63) is 41.8 Å². The third-order valence-corrected chi connectivity index (χ3v) is 3.07. The molecule has 0 amide bonds. The van der Waals surface area contributed by atoms with Crippen LogP contribution in [0.15, 0.2) is 28.8 Å². The number of rotatable bonds is 6. The van der Waals surface area contributed by atoms with Crippen molar-refractivity contribution in [2.24, 2.45) is 0 Å². The third-order valence-electron chi connectivity index (χ3n) is 3.07. The van der Waals surface area contributed by atoms with Crippen molar-refractivity contribution in [1.82, 2.24) is 20.1 Å². The molecular formula is C14H16N4O2. The molecule has 0 spiro atoms. The first-order chi connectivity index (χ1) is 9.85. The number of aliphatic hydroxyl groups excluding tert-OH is 1. The van der Waals surface area contributed by atoms with Gasteiger partial charge in [0.1, 0.15) is 5.82 Å². The van der Waals surface area contributed by atoms with E-state index in [-0.39, 0.29) is 6.61 Å². The van der Waals surface area contributed by atoms with Crippen molar-refractivity contribution >= 4 is 11.0 Å². The van der Waals surface area contributed by atoms with Crippen molar-refractivity contribution in [2.75, 3.05) is 6.61 Å². The Morgan fingerprint density at radius 1 is 1.15 bits per heavy atom. The first kappa shape index (κ1) is 12.8. The first-order valence-corrected chi connectivity index (χ1v) is 6.71. The minimum absolute atomic E-state index is 0.194. The lowest BCUT2D eigenvalue weighted by Gasteiger charge is -1.91. The predicted octanol–water partition coefficient (Wildman–Crippen LogP) is 1.85. The minimum atomic E-state index is 0.194. The van der Waals surface area contributed by atoms with E-state index in [1.54, 1.807) is 0 Å². The number of fused-ring (bicyclic) bond motifs is 1. The molecule has 3 aromatic rings. The standard InChI is InChI=1S/C14H16N4O2/c19-8-4-3-7-14-17-13(18-20-14)9-12-15-10-5-1-2-6-11(10)16-12/h1-2,5-6,19H,3-4,7-9H2,(H,15,16). The second-order valence-electron chi connectivity index (χ2n) is 4.66. The summed E-state index contributed by atoms with van der Waals surface area (Å²) < 4.78 is 5.17. The van der Waals surface area contributed by atoms with Crippen LogP contribution in [-0.4, -0.2) is 31.8 Å². The Balaban J connectivity index is 1.68. The van der Waals surface area contributed by atoms with Gasteiger partial charge in [-0.25, -0.2) is 4.98 Å². The van der Waals surface area contributed by atoms with Crippen LogP contribution in [0.25, 0.3) is 11.0 Å². The number of H-pyrrole nitrogens is 1. The Bertz CT molecular complexity index is 656. The lowest BCUT2D eigenvalue weighted by atomic mass is 10.2. The molecule has 0 aliphatic rings. The Kier molecular flexibility index (Phi) is 3.73. The van der Waals surface area contributed by atoms with Crippen LogP contribution in [0.5, 0.6) is 0 Å². The highest BCUT2D eigenvalue weighted by Gasteiger charge is 2.09. The molecular weight excluding hydrogens is 256 g/mol. The molecule has 0 aliphatic heterocycles. The van der Waals surface area contributed by atoms with Gasteiger partial charge in [-0.15, -0.1) is 0 Å². The van der Waals surface area contributed by atoms with Crippen LogP contribution in [0.4, 0.5) is 0 Å². The van der Waals surface area contributed by atoms with Gasteiger partial charge in [0, 0.05) is 13.0 Å². The van der Waals surface area contributed by atoms with Gasteiger partial charge >= 0.3 is 0 Å². The smallest absolute Gasteiger partial charge is 0.226 e. The topological polar surface area (TPSA) is 87.8 Å². The molecule has 0 saturated heterocycles. The number of benzene rings is 1. The van der Waals surface area contributed by atoms with E-state index in [0.717, 1.165) is 29.7 Å². The third kappa shape index (κ3) is 2.85. The van der Waals surface area contributed by atoms with Gasteiger partial charge in [0.25, 0.3) is 0 Å². The average molecular weight is 272 g/mol. The summed E-state index contributed by atoms with van der Waals surface area (Å²) in [5.74, 6) is 2.07. The van der Waals surface area contributed by atoms with E-state index in [0.29, 0.717) is 24.6 Å². The monoisotopic (exact) mass is 272 g/mol. The van der Waals surface area contributed by atoms with Crippen molar-refractivity contribution in [3.63, 3.8) is 0 Å². The summed E-state index contributed by atoms with van der Waals surface area (Å²) >= 11 is 0. The van der Waals surface area contributed by atoms with E-state index in [9.17, 15) is 0 Å². The lowest BCUT2D eigenvalue weighted by molar-refractivity contribution is 0.280. The molecule has 2 aromatic heterocycles. The number of hydrogen-bond donors (Lipinski definition) is 2. The highest BCUT2D eigenvalue weighted by atomic mass is 16.5. The van der Waals surface area contributed by atoms with Gasteiger partial charge in [0.05, 0.1) is 17.5 Å². The largest absolute Gasteiger partial charge is 0.396 e. The minimum Gasteiger partial charge on any atom is -0.396 e. The molecule has 1 aromatic carbocycles. The fourth-order valence-corrected chi connectivity index (χ4v) is 2.09. The molecule has 6 heteroatoms. The number of aryl methyl sites for hydroxylation is 1. The number of imidazole rings is 1. The van der Waals surface area contributed by atoms with Crippen LogP contribution >= 0.6 is 0 Å². The number of aromatic amines is 1. The summed E-state index contributed by atoms with van der Waals surface area (Å²) in [4.78, 5) is 12.1. The zero-order valence-corrected chi connectivity index (χ0v) is 11.0. The highest BCUT2D eigenvalue weighted by molar-refractivity contribution is 5.74. The zero-order chi connectivity index (χ0) is 13.8. The number of para-hydroxylation sites is 2. The molecule has 0 saturated carbocycles. The maximum atomic E-state index is 8.73. The van der Waals surface area contributed by atoms with Crippen LogP contribution in [0.1, 0.15) is 30.4 Å². The molecule has 0 aliphatic carbocycles. The number of unbranched alkanes of at least 4 members (excludes halogenated alkanes) is 1. The number of aliphatic hydroxyl groups is 1. The molecule has 2 heterocycles. The number of aromatic nitrogens is 4. The van der Waals surface area contributed by atoms with E-state index in [2.05, 4.69) is 20.1 Å². The molecule has 20 heavy (non-hydrogen) atoms. The molecule has 6 nitrogen and oxygen atoms in total. The molecule has 0 bridgehead atoms. The fourth-order valence-electron chi connectivity index (χ4n) is 2.09. The summed E-state index contributed by atoms with van der Waals surface area (Å²) in [7, 11) is 0. The maximum absolute atomic E-state index is 8.73. The van der Waals surface area contributed by atoms with E-state index in [1.165, 1.54) is 0 Å². The van der Waals surface area contributed by atoms with Crippen molar-refractivity contribution in [3.8, 4) is 0 Å². The molecule has 0 unspecified atom stereocenters. The van der Waals surface area contributed by atoms with Crippen molar-refractivity contribution < 1.29 is 9.63 Å². The van der Waals surface area contributed by atoms with Gasteiger partial charge in [-0.05, 0) is 25.0 Å². The quantitative estimate of drug-likeness (QED) is 0.669. The fraction of sp³-hybridized carbons (Fsp3) is 0.357. The van der Waals surface area contributed by atoms with Crippen LogP contribution in [0, 0.1) is 0 Å². The number of nitrogens with zero attached hydrogens (tertiary/aromatic N) is 3. The molecule has 0 atom stereocenters. The first-order valence-electron chi connectivity index (χ1n) is 6.71. The van der Waals surface area contributed by atoms with Crippen LogP contribution in [-0.2, 0) is 12.8 Å². The van der Waals surface area contributed by atoms with E-state index in [4.69, 9.17) is 9.63 Å². The highest BCUT2D eigenvalue weighted by Crippen LogP contribution is 2.12. The van der Waals surface area contributed by atoms with Crippen LogP contribution < -0.4 is 0 Å². The van der Waals surface area contributed by atoms with Crippen molar-refractivity contribution in [1.29, 1.82) is 0 Å². The molecule has 3 rings (SSSR count). The van der Waals surface area contributed by atoms with Gasteiger partial charge in [0.2, 0.25) is 5.89 Å². The lowest BCUT2D eigenvalue weighted by Crippen LogP contribution is -1.94. The SMILES string of the molecule is OCCCCc1nc(Cc2nc3ccccc3[nH]2)no1. The Morgan fingerprint density at radius 2 is 2.05 bits per heavy atom. The molecule has 104 valence electrons. The average Bonchev–Trinajstić information content (AvgIpc) is 3.05. The van der Waals surface area contributed by atoms with E-state index in [1.807, 2.05) is 24.3 Å². The summed E-state index contributed by atoms with van der Waals surface area (Å²) in [6.45, 7) is 0.194. The van der Waals surface area contributed by atoms with Gasteiger partial charge < -0.3 is 14.6 Å². The van der Waals surface area contributed by atoms with Gasteiger partial charge in [-0.3, -0.25) is 0 Å². The Morgan fingerprint density at radius 3 is 2.90 bits per heavy atom. The van der Waals surface area contributed by atoms with Gasteiger partial charge in [0.15, 0.2) is 5.82 Å². The zero-order valence-electron chi connectivity index (χ0n) is 11.0. The maximum Gasteiger partial charge on any atom is 0.226 e. The predicted molar refractivity (Wildman–Crippen MR) is 73.2 cm³/mol. The van der Waals surface area contributed by atoms with Gasteiger partial charge in [-0.1, -0.05) is 17.3 Å². The second kappa shape index (κ2) is 5.83. The Labute approximate surface area is 115 Å². The summed E-state index contributed by atoms with van der Waals surface area (Å²) in [5.41, 5.74) is 1.95.